The first-order valence-electron chi connectivity index (χ1n) is 12.1. The molecule has 1 heterocycles. The molecule has 8 atom stereocenters. The molecule has 6 nitrogen and oxygen atoms in total. The van der Waals surface area contributed by atoms with Crippen molar-refractivity contribution >= 4 is 17.5 Å². The van der Waals surface area contributed by atoms with E-state index in [2.05, 4.69) is 24.5 Å². The number of rotatable bonds is 2. The van der Waals surface area contributed by atoms with E-state index in [0.717, 1.165) is 38.8 Å². The van der Waals surface area contributed by atoms with E-state index in [1.165, 1.54) is 19.3 Å². The lowest BCUT2D eigenvalue weighted by Crippen LogP contribution is -2.61. The molecule has 0 amide bonds. The molecule has 6 heteroatoms. The average molecular weight is 417 g/mol. The number of carbonyl (C=O) groups is 3. The van der Waals surface area contributed by atoms with E-state index in [4.69, 9.17) is 4.74 Å². The quantitative estimate of drug-likeness (QED) is 0.531. The highest BCUT2D eigenvalue weighted by molar-refractivity contribution is 6.39. The van der Waals surface area contributed by atoms with Crippen molar-refractivity contribution in [1.29, 1.82) is 0 Å². The maximum Gasteiger partial charge on any atom is 0.324 e. The van der Waals surface area contributed by atoms with Crippen molar-refractivity contribution in [2.45, 2.75) is 77.4 Å². The van der Waals surface area contributed by atoms with Crippen LogP contribution >= 0.6 is 0 Å². The molecule has 2 unspecified atom stereocenters. The summed E-state index contributed by atoms with van der Waals surface area (Å²) in [7, 11) is 0. The fourth-order valence-electron chi connectivity index (χ4n) is 7.89. The van der Waals surface area contributed by atoms with E-state index < -0.39 is 0 Å². The number of carbonyl (C=O) groups excluding carboxylic acids is 3. The van der Waals surface area contributed by atoms with Crippen LogP contribution in [0.1, 0.15) is 65.2 Å². The van der Waals surface area contributed by atoms with Crippen molar-refractivity contribution in [1.82, 2.24) is 10.6 Å². The summed E-state index contributed by atoms with van der Waals surface area (Å²) in [6.07, 6.45) is 7.65. The van der Waals surface area contributed by atoms with Crippen molar-refractivity contribution in [3.63, 3.8) is 0 Å². The molecular formula is C24H36N2O4. The molecule has 166 valence electrons. The number of piperazine rings is 1. The topological polar surface area (TPSA) is 84.5 Å². The van der Waals surface area contributed by atoms with Gasteiger partial charge >= 0.3 is 5.97 Å². The number of Topliss-reactive ketones (excluding diaryl/α,β-unsaturated/α-hetero) is 2. The molecule has 0 aromatic carbocycles. The summed E-state index contributed by atoms with van der Waals surface area (Å²) in [5.41, 5.74) is 0.112. The summed E-state index contributed by atoms with van der Waals surface area (Å²) in [6.45, 7) is 6.78. The molecule has 4 aliphatic carbocycles. The molecule has 0 radical (unpaired) electrons. The van der Waals surface area contributed by atoms with Gasteiger partial charge in [0, 0.05) is 31.5 Å². The lowest BCUT2D eigenvalue weighted by Gasteiger charge is -2.58. The Labute approximate surface area is 179 Å². The van der Waals surface area contributed by atoms with Gasteiger partial charge in [0.05, 0.1) is 0 Å². The van der Waals surface area contributed by atoms with Crippen molar-refractivity contribution in [2.24, 2.45) is 34.5 Å². The normalized spacial score (nSPS) is 48.5. The number of ketones is 2. The minimum Gasteiger partial charge on any atom is -0.461 e. The first kappa shape index (κ1) is 20.6. The summed E-state index contributed by atoms with van der Waals surface area (Å²) in [5.74, 6) is -0.186. The van der Waals surface area contributed by atoms with Gasteiger partial charge in [0.1, 0.15) is 12.1 Å². The highest BCUT2D eigenvalue weighted by atomic mass is 16.5. The fraction of sp³-hybridized carbons (Fsp3) is 0.875. The second kappa shape index (κ2) is 7.40. The Hall–Kier alpha value is -1.27. The zero-order chi connectivity index (χ0) is 21.1. The van der Waals surface area contributed by atoms with Crippen LogP contribution in [-0.4, -0.2) is 49.3 Å². The third-order valence-corrected chi connectivity index (χ3v) is 9.67. The molecule has 0 aromatic heterocycles. The van der Waals surface area contributed by atoms with E-state index in [1.54, 1.807) is 0 Å². The molecule has 4 saturated carbocycles. The van der Waals surface area contributed by atoms with Crippen molar-refractivity contribution < 1.29 is 19.1 Å². The van der Waals surface area contributed by atoms with Crippen LogP contribution in [0.2, 0.25) is 0 Å². The lowest BCUT2D eigenvalue weighted by atomic mass is 9.44. The third kappa shape index (κ3) is 3.09. The number of nitrogens with one attached hydrogen (secondary N) is 2. The van der Waals surface area contributed by atoms with Crippen LogP contribution < -0.4 is 10.6 Å². The van der Waals surface area contributed by atoms with Crippen molar-refractivity contribution in [3.05, 3.63) is 0 Å². The first-order chi connectivity index (χ1) is 14.3. The minimum absolute atomic E-state index is 0.0726. The van der Waals surface area contributed by atoms with Gasteiger partial charge in [-0.3, -0.25) is 14.4 Å². The summed E-state index contributed by atoms with van der Waals surface area (Å²) < 4.78 is 5.82. The maximum absolute atomic E-state index is 13.3. The molecular weight excluding hydrogens is 380 g/mol. The Morgan fingerprint density at radius 1 is 1.00 bits per heavy atom. The minimum atomic E-state index is -0.321. The van der Waals surface area contributed by atoms with E-state index >= 15 is 0 Å². The van der Waals surface area contributed by atoms with Gasteiger partial charge in [-0.15, -0.1) is 0 Å². The van der Waals surface area contributed by atoms with Gasteiger partial charge in [0.2, 0.25) is 11.6 Å². The van der Waals surface area contributed by atoms with Gasteiger partial charge in [-0.1, -0.05) is 20.3 Å². The number of esters is 1. The van der Waals surface area contributed by atoms with Crippen LogP contribution in [0.3, 0.4) is 0 Å². The SMILES string of the molecule is C[C@@]12CCC[C@H]1[C@@H]1C(=O)C(=O)C3C[C@@H](OC(=O)C4CNCCN4)CC[C@]3(C)[C@H]1CC2. The maximum atomic E-state index is 13.3. The second-order valence-corrected chi connectivity index (χ2v) is 11.2. The number of hydrogen-bond acceptors (Lipinski definition) is 6. The largest absolute Gasteiger partial charge is 0.461 e. The number of ether oxygens (including phenoxy) is 1. The smallest absolute Gasteiger partial charge is 0.324 e. The Bertz CT molecular complexity index is 747. The second-order valence-electron chi connectivity index (χ2n) is 11.2. The van der Waals surface area contributed by atoms with Gasteiger partial charge in [-0.05, 0) is 67.6 Å². The van der Waals surface area contributed by atoms with Crippen LogP contribution in [0.4, 0.5) is 0 Å². The Morgan fingerprint density at radius 2 is 1.83 bits per heavy atom. The summed E-state index contributed by atoms with van der Waals surface area (Å²) in [4.78, 5) is 39.2. The van der Waals surface area contributed by atoms with E-state index in [-0.39, 0.29) is 52.3 Å². The van der Waals surface area contributed by atoms with E-state index in [9.17, 15) is 14.4 Å². The van der Waals surface area contributed by atoms with Crippen LogP contribution in [0.15, 0.2) is 0 Å². The number of hydrogen-bond donors (Lipinski definition) is 2. The van der Waals surface area contributed by atoms with Crippen molar-refractivity contribution in [3.8, 4) is 0 Å². The number of fused-ring (bicyclic) bond motifs is 5. The highest BCUT2D eigenvalue weighted by Crippen LogP contribution is 2.64. The fourth-order valence-corrected chi connectivity index (χ4v) is 7.89. The zero-order valence-electron chi connectivity index (χ0n) is 18.4. The van der Waals surface area contributed by atoms with Crippen LogP contribution in [-0.2, 0) is 19.1 Å². The van der Waals surface area contributed by atoms with E-state index in [1.807, 2.05) is 0 Å². The molecule has 30 heavy (non-hydrogen) atoms. The van der Waals surface area contributed by atoms with Gasteiger partial charge in [-0.2, -0.15) is 0 Å². The molecule has 5 fully saturated rings. The summed E-state index contributed by atoms with van der Waals surface area (Å²) in [5, 5.41) is 6.40. The monoisotopic (exact) mass is 416 g/mol. The first-order valence-corrected chi connectivity index (χ1v) is 12.1. The Balaban J connectivity index is 1.33. The zero-order valence-corrected chi connectivity index (χ0v) is 18.4. The van der Waals surface area contributed by atoms with Gasteiger partial charge in [0.25, 0.3) is 0 Å². The third-order valence-electron chi connectivity index (χ3n) is 9.67. The molecule has 0 aromatic rings. The van der Waals surface area contributed by atoms with Crippen molar-refractivity contribution in [2.75, 3.05) is 19.6 Å². The predicted molar refractivity (Wildman–Crippen MR) is 112 cm³/mol. The molecule has 0 spiro atoms. The van der Waals surface area contributed by atoms with E-state index in [0.29, 0.717) is 24.8 Å². The molecule has 1 aliphatic heterocycles. The molecule has 5 rings (SSSR count). The highest BCUT2D eigenvalue weighted by Gasteiger charge is 2.64. The molecule has 2 N–H and O–H groups in total. The van der Waals surface area contributed by atoms with Crippen LogP contribution in [0.25, 0.3) is 0 Å². The molecule has 5 aliphatic rings. The average Bonchev–Trinajstić information content (AvgIpc) is 3.15. The molecule has 1 saturated heterocycles. The Kier molecular flexibility index (Phi) is 5.09. The molecule has 0 bridgehead atoms. The van der Waals surface area contributed by atoms with Gasteiger partial charge in [0.15, 0.2) is 0 Å². The van der Waals surface area contributed by atoms with Gasteiger partial charge < -0.3 is 15.4 Å². The van der Waals surface area contributed by atoms with Crippen LogP contribution in [0.5, 0.6) is 0 Å². The predicted octanol–water partition coefficient (Wildman–Crippen LogP) is 2.25. The lowest BCUT2D eigenvalue weighted by molar-refractivity contribution is -0.175. The Morgan fingerprint density at radius 3 is 2.60 bits per heavy atom. The van der Waals surface area contributed by atoms with Crippen LogP contribution in [0, 0.1) is 34.5 Å². The summed E-state index contributed by atoms with van der Waals surface area (Å²) in [6, 6.07) is -0.321. The standard InChI is InChI=1S/C24H36N2O4/c1-23-7-3-4-15(23)19-16(6-8-23)24(2)9-5-14(12-17(24)20(27)21(19)28)30-22(29)18-13-25-10-11-26-18/h14-19,25-26H,3-13H2,1-2H3/t14-,15-,16-,17?,18?,19-,23-,24+/m0/s1. The summed E-state index contributed by atoms with van der Waals surface area (Å²) >= 11 is 0. The van der Waals surface area contributed by atoms with Gasteiger partial charge in [-0.25, -0.2) is 0 Å².